The van der Waals surface area contributed by atoms with Crippen LogP contribution in [0.4, 0.5) is 0 Å². The molecule has 3 rings (SSSR count). The fourth-order valence-corrected chi connectivity index (χ4v) is 4.43. The van der Waals surface area contributed by atoms with E-state index in [0.717, 1.165) is 43.6 Å². The van der Waals surface area contributed by atoms with Crippen molar-refractivity contribution in [2.45, 2.75) is 83.5 Å². The summed E-state index contributed by atoms with van der Waals surface area (Å²) in [6, 6.07) is 6.57. The third-order valence-corrected chi connectivity index (χ3v) is 6.36. The first-order valence-corrected chi connectivity index (χ1v) is 10.5. The number of fused-ring (bicyclic) bond motifs is 1. The van der Waals surface area contributed by atoms with Gasteiger partial charge in [-0.1, -0.05) is 43.9 Å². The lowest BCUT2D eigenvalue weighted by atomic mass is 9.78. The number of aryl methyl sites for hydroxylation is 2. The molecule has 1 unspecified atom stereocenters. The van der Waals surface area contributed by atoms with E-state index >= 15 is 0 Å². The van der Waals surface area contributed by atoms with Gasteiger partial charge in [-0.15, -0.1) is 6.58 Å². The summed E-state index contributed by atoms with van der Waals surface area (Å²) in [7, 11) is 0. The lowest BCUT2D eigenvalue weighted by Gasteiger charge is -2.27. The first-order chi connectivity index (χ1) is 12.3. The molecule has 0 amide bonds. The minimum absolute atomic E-state index is 0.212. The number of allylic oxidation sites excluding steroid dienone is 1. The molecule has 136 valence electrons. The average molecular weight is 339 g/mol. The Kier molecular flexibility index (Phi) is 6.90. The monoisotopic (exact) mass is 338 g/mol. The van der Waals surface area contributed by atoms with Gasteiger partial charge in [0.05, 0.1) is 0 Å². The van der Waals surface area contributed by atoms with Crippen LogP contribution in [0.3, 0.4) is 0 Å². The number of benzene rings is 1. The van der Waals surface area contributed by atoms with Crippen LogP contribution in [0.2, 0.25) is 0 Å². The van der Waals surface area contributed by atoms with Crippen molar-refractivity contribution in [2.75, 3.05) is 0 Å². The highest BCUT2D eigenvalue weighted by Crippen LogP contribution is 2.33. The van der Waals surface area contributed by atoms with Gasteiger partial charge >= 0.3 is 0 Å². The minimum Gasteiger partial charge on any atom is -0.294 e. The van der Waals surface area contributed by atoms with Crippen LogP contribution in [0.5, 0.6) is 0 Å². The highest BCUT2D eigenvalue weighted by molar-refractivity contribution is 5.98. The summed E-state index contributed by atoms with van der Waals surface area (Å²) in [5.41, 5.74) is 3.89. The highest BCUT2D eigenvalue weighted by Gasteiger charge is 2.24. The standard InChI is InChI=1S/C24H34O/c1-2-3-5-12-21(15-14-19-9-8-10-19)24(25)23-17-16-20-11-6-4-7-13-22(20)18-23/h2,16-19,21H,1,3-15H2. The van der Waals surface area contributed by atoms with Gasteiger partial charge in [-0.3, -0.25) is 4.79 Å². The second-order valence-electron chi connectivity index (χ2n) is 8.20. The fraction of sp³-hybridized carbons (Fsp3) is 0.625. The molecule has 0 bridgehead atoms. The van der Waals surface area contributed by atoms with Crippen LogP contribution in [-0.2, 0) is 12.8 Å². The molecule has 0 saturated heterocycles. The van der Waals surface area contributed by atoms with Crippen LogP contribution in [0.15, 0.2) is 30.9 Å². The molecule has 0 heterocycles. The maximum Gasteiger partial charge on any atom is 0.165 e. The molecule has 1 saturated carbocycles. The Hall–Kier alpha value is -1.37. The number of unbranched alkanes of at least 4 members (excludes halogenated alkanes) is 1. The van der Waals surface area contributed by atoms with E-state index in [2.05, 4.69) is 24.8 Å². The minimum atomic E-state index is 0.212. The van der Waals surface area contributed by atoms with Gasteiger partial charge in [-0.2, -0.15) is 0 Å². The van der Waals surface area contributed by atoms with Crippen molar-refractivity contribution in [2.24, 2.45) is 11.8 Å². The van der Waals surface area contributed by atoms with Crippen LogP contribution in [-0.4, -0.2) is 5.78 Å². The topological polar surface area (TPSA) is 17.1 Å². The van der Waals surface area contributed by atoms with Crippen molar-refractivity contribution in [1.29, 1.82) is 0 Å². The van der Waals surface area contributed by atoms with E-state index in [1.807, 2.05) is 6.08 Å². The molecule has 1 aromatic rings. The average Bonchev–Trinajstić information content (AvgIpc) is 2.83. The van der Waals surface area contributed by atoms with Crippen molar-refractivity contribution < 1.29 is 4.79 Å². The van der Waals surface area contributed by atoms with Gasteiger partial charge in [0.2, 0.25) is 0 Å². The molecule has 25 heavy (non-hydrogen) atoms. The number of Topliss-reactive ketones (excluding diaryl/α,β-unsaturated/α-hetero) is 1. The second-order valence-corrected chi connectivity index (χ2v) is 8.20. The molecule has 1 nitrogen and oxygen atoms in total. The predicted octanol–water partition coefficient (Wildman–Crippen LogP) is 6.69. The first kappa shape index (κ1) is 18.4. The summed E-state index contributed by atoms with van der Waals surface area (Å²) >= 11 is 0. The third-order valence-electron chi connectivity index (χ3n) is 6.36. The van der Waals surface area contributed by atoms with Crippen LogP contribution >= 0.6 is 0 Å². The molecular weight excluding hydrogens is 304 g/mol. The van der Waals surface area contributed by atoms with Crippen molar-refractivity contribution in [3.8, 4) is 0 Å². The van der Waals surface area contributed by atoms with Gasteiger partial charge in [0.25, 0.3) is 0 Å². The van der Waals surface area contributed by atoms with Gasteiger partial charge in [-0.25, -0.2) is 0 Å². The summed E-state index contributed by atoms with van der Waals surface area (Å²) in [6.45, 7) is 3.83. The van der Waals surface area contributed by atoms with E-state index in [0.29, 0.717) is 5.78 Å². The zero-order valence-corrected chi connectivity index (χ0v) is 15.8. The van der Waals surface area contributed by atoms with Crippen LogP contribution in [0, 0.1) is 11.8 Å². The van der Waals surface area contributed by atoms with E-state index in [1.54, 1.807) is 0 Å². The molecule has 0 N–H and O–H groups in total. The molecule has 0 radical (unpaired) electrons. The molecule has 2 aliphatic carbocycles. The number of ketones is 1. The maximum absolute atomic E-state index is 13.2. The van der Waals surface area contributed by atoms with Crippen LogP contribution in [0.25, 0.3) is 0 Å². The number of carbonyl (C=O) groups excluding carboxylic acids is 1. The van der Waals surface area contributed by atoms with Gasteiger partial charge in [-0.05, 0) is 80.9 Å². The molecule has 0 spiro atoms. The highest BCUT2D eigenvalue weighted by atomic mass is 16.1. The molecule has 2 aliphatic rings. The Morgan fingerprint density at radius 3 is 2.60 bits per heavy atom. The SMILES string of the molecule is C=CCCCC(CCC1CCC1)C(=O)c1ccc2c(c1)CCCCC2. The molecular formula is C24H34O. The van der Waals surface area contributed by atoms with E-state index in [1.165, 1.54) is 62.5 Å². The fourth-order valence-electron chi connectivity index (χ4n) is 4.43. The van der Waals surface area contributed by atoms with Crippen molar-refractivity contribution >= 4 is 5.78 Å². The Labute approximate surface area is 153 Å². The molecule has 0 aliphatic heterocycles. The van der Waals surface area contributed by atoms with Gasteiger partial charge < -0.3 is 0 Å². The summed E-state index contributed by atoms with van der Waals surface area (Å²) in [5.74, 6) is 1.50. The number of carbonyl (C=O) groups is 1. The van der Waals surface area contributed by atoms with Gasteiger partial charge in [0, 0.05) is 11.5 Å². The summed E-state index contributed by atoms with van der Waals surface area (Å²) in [6.07, 6.45) is 17.8. The van der Waals surface area contributed by atoms with Gasteiger partial charge in [0.15, 0.2) is 5.78 Å². The number of rotatable bonds is 9. The summed E-state index contributed by atoms with van der Waals surface area (Å²) in [5, 5.41) is 0. The van der Waals surface area contributed by atoms with Gasteiger partial charge in [0.1, 0.15) is 0 Å². The Morgan fingerprint density at radius 2 is 1.88 bits per heavy atom. The van der Waals surface area contributed by atoms with Crippen LogP contribution in [0.1, 0.15) is 92.1 Å². The summed E-state index contributed by atoms with van der Waals surface area (Å²) < 4.78 is 0. The predicted molar refractivity (Wildman–Crippen MR) is 106 cm³/mol. The van der Waals surface area contributed by atoms with Crippen molar-refractivity contribution in [3.05, 3.63) is 47.5 Å². The maximum atomic E-state index is 13.2. The summed E-state index contributed by atoms with van der Waals surface area (Å²) in [4.78, 5) is 13.2. The van der Waals surface area contributed by atoms with Crippen molar-refractivity contribution in [3.63, 3.8) is 0 Å². The number of hydrogen-bond acceptors (Lipinski definition) is 1. The largest absolute Gasteiger partial charge is 0.294 e. The molecule has 0 aromatic heterocycles. The zero-order valence-electron chi connectivity index (χ0n) is 15.8. The molecule has 1 heteroatoms. The van der Waals surface area contributed by atoms with E-state index in [9.17, 15) is 4.79 Å². The Bertz CT molecular complexity index is 582. The second kappa shape index (κ2) is 9.36. The van der Waals surface area contributed by atoms with Crippen molar-refractivity contribution in [1.82, 2.24) is 0 Å². The zero-order chi connectivity index (χ0) is 17.5. The Morgan fingerprint density at radius 1 is 1.08 bits per heavy atom. The third kappa shape index (κ3) is 5.06. The lowest BCUT2D eigenvalue weighted by molar-refractivity contribution is 0.0894. The number of hydrogen-bond donors (Lipinski definition) is 0. The Balaban J connectivity index is 1.68. The van der Waals surface area contributed by atoms with Crippen LogP contribution < -0.4 is 0 Å². The molecule has 1 fully saturated rings. The molecule has 1 atom stereocenters. The normalized spacial score (nSPS) is 18.7. The smallest absolute Gasteiger partial charge is 0.165 e. The molecule has 1 aromatic carbocycles. The first-order valence-electron chi connectivity index (χ1n) is 10.5. The van der Waals surface area contributed by atoms with E-state index in [-0.39, 0.29) is 5.92 Å². The lowest BCUT2D eigenvalue weighted by Crippen LogP contribution is -2.19. The quantitative estimate of drug-likeness (QED) is 0.212. The van der Waals surface area contributed by atoms with E-state index < -0.39 is 0 Å². The van der Waals surface area contributed by atoms with E-state index in [4.69, 9.17) is 0 Å².